The van der Waals surface area contributed by atoms with Gasteiger partial charge in [0.05, 0.1) is 12.2 Å². The maximum Gasteiger partial charge on any atom is 0.234 e. The summed E-state index contributed by atoms with van der Waals surface area (Å²) in [6.07, 6.45) is 2.45. The number of piperidine rings is 1. The Hall–Kier alpha value is -3.39. The average Bonchev–Trinajstić information content (AvgIpc) is 3.23. The zero-order valence-electron chi connectivity index (χ0n) is 18.6. The minimum absolute atomic E-state index is 0.134. The zero-order valence-corrected chi connectivity index (χ0v) is 18.6. The van der Waals surface area contributed by atoms with E-state index in [1.165, 1.54) is 0 Å². The van der Waals surface area contributed by atoms with E-state index in [0.717, 1.165) is 65.8 Å². The van der Waals surface area contributed by atoms with Crippen molar-refractivity contribution in [1.82, 2.24) is 15.1 Å². The molecule has 5 rings (SSSR count). The largest absolute Gasteiger partial charge is 0.492 e. The zero-order chi connectivity index (χ0) is 22.9. The Balaban J connectivity index is 1.30. The van der Waals surface area contributed by atoms with E-state index in [1.54, 1.807) is 13.2 Å². The summed E-state index contributed by atoms with van der Waals surface area (Å²) < 4.78 is 11.8. The third-order valence-corrected chi connectivity index (χ3v) is 6.66. The number of benzene rings is 2. The fourth-order valence-corrected chi connectivity index (χ4v) is 4.79. The average molecular weight is 450 g/mol. The van der Waals surface area contributed by atoms with Crippen LogP contribution in [-0.4, -0.2) is 66.9 Å². The number of fused-ring (bicyclic) bond motifs is 3. The maximum atomic E-state index is 12.4. The molecule has 3 aromatic rings. The second kappa shape index (κ2) is 8.86. The lowest BCUT2D eigenvalue weighted by atomic mass is 9.89. The number of carbonyl (C=O) groups is 3. The van der Waals surface area contributed by atoms with Gasteiger partial charge in [-0.15, -0.1) is 0 Å². The fourth-order valence-electron chi connectivity index (χ4n) is 4.79. The normalized spacial score (nSPS) is 19.8. The molecule has 0 unspecified atom stereocenters. The number of carbonyl (C=O) groups excluding carboxylic acids is 3. The van der Waals surface area contributed by atoms with Crippen LogP contribution < -0.4 is 10.1 Å². The van der Waals surface area contributed by atoms with E-state index in [9.17, 15) is 14.4 Å². The monoisotopic (exact) mass is 449 g/mol. The molecule has 2 saturated heterocycles. The molecule has 33 heavy (non-hydrogen) atoms. The predicted octanol–water partition coefficient (Wildman–Crippen LogP) is 2.65. The summed E-state index contributed by atoms with van der Waals surface area (Å²) in [6, 6.07) is 9.85. The van der Waals surface area contributed by atoms with Crippen molar-refractivity contribution in [2.24, 2.45) is 0 Å². The first-order valence-electron chi connectivity index (χ1n) is 11.4. The molecule has 1 atom stereocenters. The minimum Gasteiger partial charge on any atom is -0.492 e. The molecule has 2 fully saturated rings. The van der Waals surface area contributed by atoms with Crippen LogP contribution in [0.5, 0.6) is 5.75 Å². The van der Waals surface area contributed by atoms with Crippen LogP contribution in [0.15, 0.2) is 41.0 Å². The highest BCUT2D eigenvalue weighted by molar-refractivity contribution is 6.10. The number of ether oxygens (including phenoxy) is 1. The minimum atomic E-state index is -0.394. The van der Waals surface area contributed by atoms with Crippen LogP contribution in [0.4, 0.5) is 0 Å². The molecule has 0 spiro atoms. The lowest BCUT2D eigenvalue weighted by molar-refractivity contribution is -0.134. The molecule has 3 heterocycles. The van der Waals surface area contributed by atoms with Crippen LogP contribution in [-0.2, 0) is 14.4 Å². The summed E-state index contributed by atoms with van der Waals surface area (Å²) in [5, 5.41) is 5.35. The number of hydrogen-bond donors (Lipinski definition) is 1. The van der Waals surface area contributed by atoms with Gasteiger partial charge in [-0.2, -0.15) is 0 Å². The van der Waals surface area contributed by atoms with Gasteiger partial charge in [0.15, 0.2) is 0 Å². The standard InChI is InChI=1S/C25H27N3O5/c1-16(29)28-10-8-27(9-11-28)12-13-32-18-3-4-19-17(14-18)2-6-22-24(19)21(15-33-22)20-5-7-23(30)26-25(20)31/h2-4,6,14-15,20H,5,7-13H2,1H3,(H,26,30,31)/t20-/m1/s1. The van der Waals surface area contributed by atoms with Gasteiger partial charge in [0.1, 0.15) is 17.9 Å². The van der Waals surface area contributed by atoms with Crippen LogP contribution in [0.2, 0.25) is 0 Å². The number of amides is 3. The Morgan fingerprint density at radius 1 is 1.15 bits per heavy atom. The molecule has 0 aliphatic carbocycles. The van der Waals surface area contributed by atoms with E-state index in [1.807, 2.05) is 35.2 Å². The summed E-state index contributed by atoms with van der Waals surface area (Å²) in [5.41, 5.74) is 1.54. The lowest BCUT2D eigenvalue weighted by Crippen LogP contribution is -2.48. The lowest BCUT2D eigenvalue weighted by Gasteiger charge is -2.34. The maximum absolute atomic E-state index is 12.4. The molecule has 0 bridgehead atoms. The number of nitrogens with zero attached hydrogens (tertiary/aromatic N) is 2. The van der Waals surface area contributed by atoms with Gasteiger partial charge in [-0.3, -0.25) is 24.6 Å². The van der Waals surface area contributed by atoms with E-state index in [4.69, 9.17) is 9.15 Å². The number of furan rings is 1. The smallest absolute Gasteiger partial charge is 0.234 e. The van der Waals surface area contributed by atoms with Crippen LogP contribution >= 0.6 is 0 Å². The molecule has 0 radical (unpaired) electrons. The summed E-state index contributed by atoms with van der Waals surface area (Å²) in [4.78, 5) is 39.6. The van der Waals surface area contributed by atoms with Crippen molar-refractivity contribution >= 4 is 39.5 Å². The van der Waals surface area contributed by atoms with Gasteiger partial charge in [0.25, 0.3) is 0 Å². The molecule has 2 aliphatic heterocycles. The van der Waals surface area contributed by atoms with Gasteiger partial charge in [0.2, 0.25) is 17.7 Å². The SMILES string of the molecule is CC(=O)N1CCN(CCOc2ccc3c(ccc4occ([C@H]5CCC(=O)NC5=O)c43)c2)CC1. The molecule has 8 heteroatoms. The predicted molar refractivity (Wildman–Crippen MR) is 123 cm³/mol. The van der Waals surface area contributed by atoms with Crippen molar-refractivity contribution < 1.29 is 23.5 Å². The molecule has 172 valence electrons. The third-order valence-electron chi connectivity index (χ3n) is 6.66. The van der Waals surface area contributed by atoms with Gasteiger partial charge < -0.3 is 14.1 Å². The van der Waals surface area contributed by atoms with Crippen molar-refractivity contribution in [2.45, 2.75) is 25.7 Å². The van der Waals surface area contributed by atoms with E-state index in [2.05, 4.69) is 10.2 Å². The third kappa shape index (κ3) is 4.30. The summed E-state index contributed by atoms with van der Waals surface area (Å²) in [6.45, 7) is 6.25. The molecule has 1 N–H and O–H groups in total. The van der Waals surface area contributed by atoms with Gasteiger partial charge in [0, 0.05) is 57.0 Å². The quantitative estimate of drug-likeness (QED) is 0.602. The summed E-state index contributed by atoms with van der Waals surface area (Å²) in [5.74, 6) is 0.0326. The molecule has 0 saturated carbocycles. The second-order valence-electron chi connectivity index (χ2n) is 8.71. The number of imide groups is 1. The Bertz CT molecular complexity index is 1230. The highest BCUT2D eigenvalue weighted by Gasteiger charge is 2.31. The Morgan fingerprint density at radius 2 is 1.97 bits per heavy atom. The molecule has 2 aliphatic rings. The summed E-state index contributed by atoms with van der Waals surface area (Å²) >= 11 is 0. The van der Waals surface area contributed by atoms with E-state index in [0.29, 0.717) is 19.4 Å². The van der Waals surface area contributed by atoms with E-state index in [-0.39, 0.29) is 17.7 Å². The number of piperazine rings is 1. The molecule has 8 nitrogen and oxygen atoms in total. The first-order chi connectivity index (χ1) is 16.0. The topological polar surface area (TPSA) is 92.1 Å². The number of rotatable bonds is 5. The Kier molecular flexibility index (Phi) is 5.76. The number of nitrogens with one attached hydrogen (secondary N) is 1. The van der Waals surface area contributed by atoms with Crippen LogP contribution in [0.25, 0.3) is 21.7 Å². The highest BCUT2D eigenvalue weighted by atomic mass is 16.5. The van der Waals surface area contributed by atoms with Crippen molar-refractivity contribution in [3.8, 4) is 5.75 Å². The molecular formula is C25H27N3O5. The van der Waals surface area contributed by atoms with Gasteiger partial charge in [-0.25, -0.2) is 0 Å². The highest BCUT2D eigenvalue weighted by Crippen LogP contribution is 2.37. The molecular weight excluding hydrogens is 422 g/mol. The van der Waals surface area contributed by atoms with Crippen LogP contribution in [0, 0.1) is 0 Å². The number of hydrogen-bond acceptors (Lipinski definition) is 6. The van der Waals surface area contributed by atoms with Gasteiger partial charge >= 0.3 is 0 Å². The van der Waals surface area contributed by atoms with Crippen LogP contribution in [0.3, 0.4) is 0 Å². The van der Waals surface area contributed by atoms with E-state index < -0.39 is 5.92 Å². The first kappa shape index (κ1) is 21.5. The van der Waals surface area contributed by atoms with Crippen LogP contribution in [0.1, 0.15) is 31.2 Å². The van der Waals surface area contributed by atoms with Crippen molar-refractivity contribution in [3.63, 3.8) is 0 Å². The molecule has 2 aromatic carbocycles. The fraction of sp³-hybridized carbons (Fsp3) is 0.400. The molecule has 3 amide bonds. The first-order valence-corrected chi connectivity index (χ1v) is 11.4. The van der Waals surface area contributed by atoms with Gasteiger partial charge in [-0.05, 0) is 41.5 Å². The Morgan fingerprint density at radius 3 is 2.73 bits per heavy atom. The Labute approximate surface area is 191 Å². The van der Waals surface area contributed by atoms with Gasteiger partial charge in [-0.1, -0.05) is 6.07 Å². The van der Waals surface area contributed by atoms with E-state index >= 15 is 0 Å². The van der Waals surface area contributed by atoms with Crippen molar-refractivity contribution in [1.29, 1.82) is 0 Å². The van der Waals surface area contributed by atoms with Crippen molar-refractivity contribution in [3.05, 3.63) is 42.2 Å². The summed E-state index contributed by atoms with van der Waals surface area (Å²) in [7, 11) is 0. The second-order valence-corrected chi connectivity index (χ2v) is 8.71. The van der Waals surface area contributed by atoms with Crippen molar-refractivity contribution in [2.75, 3.05) is 39.3 Å². The molecule has 1 aromatic heterocycles.